The van der Waals surface area contributed by atoms with Crippen molar-refractivity contribution in [2.75, 3.05) is 41.0 Å². The largest absolute Gasteiger partial charge is 0.477 e. The molecule has 0 aliphatic rings. The lowest BCUT2D eigenvalue weighted by Gasteiger charge is -2.31. The molecule has 8 heteroatoms. The van der Waals surface area contributed by atoms with E-state index in [1.54, 1.807) is 0 Å². The van der Waals surface area contributed by atoms with Crippen molar-refractivity contribution in [3.63, 3.8) is 0 Å². The third-order valence-electron chi connectivity index (χ3n) is 10.3. The van der Waals surface area contributed by atoms with Crippen LogP contribution in [-0.4, -0.2) is 80.6 Å². The maximum atomic E-state index is 12.8. The normalized spacial score (nSPS) is 13.7. The van der Waals surface area contributed by atoms with Crippen LogP contribution < -0.4 is 0 Å². The highest BCUT2D eigenvalue weighted by Gasteiger charge is 2.31. The summed E-state index contributed by atoms with van der Waals surface area (Å²) in [4.78, 5) is 37.1. The van der Waals surface area contributed by atoms with E-state index in [1.165, 1.54) is 77.0 Å². The zero-order valence-electron chi connectivity index (χ0n) is 39.6. The van der Waals surface area contributed by atoms with Crippen molar-refractivity contribution in [2.45, 2.75) is 193 Å². The van der Waals surface area contributed by atoms with Gasteiger partial charge in [-0.25, -0.2) is 4.79 Å². The monoisotopic (exact) mass is 853 g/mol. The van der Waals surface area contributed by atoms with Gasteiger partial charge in [0, 0.05) is 19.3 Å². The third kappa shape index (κ3) is 41.6. The molecular formula is C53H90NO7+. The highest BCUT2D eigenvalue weighted by Crippen LogP contribution is 2.15. The maximum Gasteiger partial charge on any atom is 0.362 e. The van der Waals surface area contributed by atoms with Gasteiger partial charge >= 0.3 is 17.9 Å². The molecule has 0 saturated heterocycles. The van der Waals surface area contributed by atoms with Crippen molar-refractivity contribution in [3.8, 4) is 0 Å². The molecule has 0 radical (unpaired) electrons. The van der Waals surface area contributed by atoms with Crippen LogP contribution in [0, 0.1) is 0 Å². The van der Waals surface area contributed by atoms with Crippen LogP contribution >= 0.6 is 0 Å². The molecule has 0 aromatic heterocycles. The standard InChI is InChI=1S/C53H89NO7/c1-6-8-10-12-14-16-18-20-22-24-25-26-27-28-30-32-34-36-38-40-42-44-52(56)61-49(47-59-46-45-50(53(57)58)54(3,4)5)48-60-51(55)43-41-39-37-35-33-31-29-23-21-19-17-15-13-11-9-7-2/h8-11,14-17,21,23,31,33,37,39,49-50H,6-7,12-13,18-20,22,24-30,32,34-36,38,40-48H2,1-5H3/p+1/b10-8+,11-9+,16-14+,17-15+,23-21+,33-31+,39-37+. The minimum absolute atomic E-state index is 0.0344. The topological polar surface area (TPSA) is 99.1 Å². The van der Waals surface area contributed by atoms with Crippen LogP contribution in [-0.2, 0) is 28.6 Å². The van der Waals surface area contributed by atoms with Crippen LogP contribution in [0.25, 0.3) is 0 Å². The van der Waals surface area contributed by atoms with Crippen LogP contribution in [0.4, 0.5) is 0 Å². The fraction of sp³-hybridized carbons (Fsp3) is 0.679. The van der Waals surface area contributed by atoms with E-state index in [0.717, 1.165) is 64.2 Å². The number of rotatable bonds is 42. The molecule has 2 unspecified atom stereocenters. The second-order valence-electron chi connectivity index (χ2n) is 17.0. The molecule has 348 valence electrons. The number of carbonyl (C=O) groups is 3. The van der Waals surface area contributed by atoms with Gasteiger partial charge in [0.25, 0.3) is 0 Å². The number of carboxylic acid groups (broad SMARTS) is 1. The number of allylic oxidation sites excluding steroid dienone is 14. The molecule has 0 aliphatic carbocycles. The van der Waals surface area contributed by atoms with Gasteiger partial charge in [0.05, 0.1) is 34.4 Å². The van der Waals surface area contributed by atoms with Gasteiger partial charge in [-0.15, -0.1) is 0 Å². The Morgan fingerprint density at radius 2 is 0.902 bits per heavy atom. The Kier molecular flexibility index (Phi) is 40.7. The summed E-state index contributed by atoms with van der Waals surface area (Å²) >= 11 is 0. The Labute approximate surface area is 373 Å². The molecule has 0 fully saturated rings. The minimum Gasteiger partial charge on any atom is -0.477 e. The van der Waals surface area contributed by atoms with Gasteiger partial charge in [0.2, 0.25) is 0 Å². The molecule has 8 nitrogen and oxygen atoms in total. The molecule has 0 aliphatic heterocycles. The summed E-state index contributed by atoms with van der Waals surface area (Å²) in [6.45, 7) is 4.44. The third-order valence-corrected chi connectivity index (χ3v) is 10.3. The zero-order chi connectivity index (χ0) is 44.9. The van der Waals surface area contributed by atoms with E-state index < -0.39 is 18.1 Å². The number of hydrogen-bond donors (Lipinski definition) is 1. The summed E-state index contributed by atoms with van der Waals surface area (Å²) < 4.78 is 17.2. The number of likely N-dealkylation sites (N-methyl/N-ethyl adjacent to an activating group) is 1. The molecule has 61 heavy (non-hydrogen) atoms. The summed E-state index contributed by atoms with van der Waals surface area (Å²) in [5.74, 6) is -1.58. The zero-order valence-corrected chi connectivity index (χ0v) is 39.6. The molecule has 1 N–H and O–H groups in total. The van der Waals surface area contributed by atoms with E-state index in [1.807, 2.05) is 33.3 Å². The number of unbranched alkanes of at least 4 members (excludes halogenated alkanes) is 14. The van der Waals surface area contributed by atoms with Crippen molar-refractivity contribution >= 4 is 17.9 Å². The number of esters is 2. The molecule has 0 aromatic rings. The van der Waals surface area contributed by atoms with Gasteiger partial charge in [0.15, 0.2) is 12.1 Å². The fourth-order valence-electron chi connectivity index (χ4n) is 6.65. The fourth-order valence-corrected chi connectivity index (χ4v) is 6.65. The Morgan fingerprint density at radius 3 is 1.34 bits per heavy atom. The number of nitrogens with zero attached hydrogens (tertiary/aromatic N) is 1. The van der Waals surface area contributed by atoms with E-state index in [2.05, 4.69) is 86.8 Å². The molecule has 0 saturated carbocycles. The van der Waals surface area contributed by atoms with Gasteiger partial charge in [-0.1, -0.05) is 176 Å². The van der Waals surface area contributed by atoms with Crippen molar-refractivity contribution in [1.29, 1.82) is 0 Å². The van der Waals surface area contributed by atoms with Crippen molar-refractivity contribution in [2.24, 2.45) is 0 Å². The summed E-state index contributed by atoms with van der Waals surface area (Å²) in [5.41, 5.74) is 0. The minimum atomic E-state index is -0.886. The number of carbonyl (C=O) groups excluding carboxylic acids is 2. The van der Waals surface area contributed by atoms with Crippen LogP contribution in [0.3, 0.4) is 0 Å². The van der Waals surface area contributed by atoms with E-state index >= 15 is 0 Å². The number of aliphatic carboxylic acids is 1. The van der Waals surface area contributed by atoms with E-state index in [0.29, 0.717) is 19.3 Å². The van der Waals surface area contributed by atoms with Gasteiger partial charge in [-0.2, -0.15) is 0 Å². The lowest BCUT2D eigenvalue weighted by atomic mass is 10.0. The van der Waals surface area contributed by atoms with Gasteiger partial charge in [0.1, 0.15) is 6.61 Å². The lowest BCUT2D eigenvalue weighted by molar-refractivity contribution is -0.887. The van der Waals surface area contributed by atoms with Crippen molar-refractivity contribution < 1.29 is 38.2 Å². The average molecular weight is 853 g/mol. The number of carboxylic acids is 1. The molecular weight excluding hydrogens is 763 g/mol. The Balaban J connectivity index is 4.35. The molecule has 0 bridgehead atoms. The summed E-state index contributed by atoms with van der Waals surface area (Å²) in [6, 6.07) is -0.629. The van der Waals surface area contributed by atoms with E-state index in [4.69, 9.17) is 14.2 Å². The first-order valence-electron chi connectivity index (χ1n) is 24.1. The maximum absolute atomic E-state index is 12.8. The smallest absolute Gasteiger partial charge is 0.362 e. The Hall–Kier alpha value is -3.49. The molecule has 0 aromatic carbocycles. The summed E-state index contributed by atoms with van der Waals surface area (Å²) in [5, 5.41) is 9.64. The Bertz CT molecular complexity index is 1270. The highest BCUT2D eigenvalue weighted by molar-refractivity contribution is 5.72. The van der Waals surface area contributed by atoms with Crippen LogP contribution in [0.1, 0.15) is 181 Å². The second-order valence-corrected chi connectivity index (χ2v) is 17.0. The predicted molar refractivity (Wildman–Crippen MR) is 256 cm³/mol. The second kappa shape index (κ2) is 43.2. The van der Waals surface area contributed by atoms with Gasteiger partial charge in [-0.05, 0) is 70.6 Å². The number of hydrogen-bond acceptors (Lipinski definition) is 6. The van der Waals surface area contributed by atoms with Crippen molar-refractivity contribution in [1.82, 2.24) is 0 Å². The first-order valence-corrected chi connectivity index (χ1v) is 24.1. The quantitative estimate of drug-likeness (QED) is 0.0283. The molecule has 0 amide bonds. The summed E-state index contributed by atoms with van der Waals surface area (Å²) in [7, 11) is 5.50. The SMILES string of the molecule is CC/C=C/C/C=C/C/C=C/C/C=C/C/C=C/CCC(=O)OCC(COCCC(C(=O)O)[N+](C)(C)C)OC(=O)CCCCCCCCCCCCCCCC/C=C/C/C=C/CC. The van der Waals surface area contributed by atoms with E-state index in [9.17, 15) is 19.5 Å². The number of ether oxygens (including phenoxy) is 3. The average Bonchev–Trinajstić information content (AvgIpc) is 3.22. The first kappa shape index (κ1) is 57.5. The van der Waals surface area contributed by atoms with Gasteiger partial charge in [-0.3, -0.25) is 9.59 Å². The van der Waals surface area contributed by atoms with Crippen LogP contribution in [0.5, 0.6) is 0 Å². The molecule has 0 rings (SSSR count). The predicted octanol–water partition coefficient (Wildman–Crippen LogP) is 13.7. The molecule has 2 atom stereocenters. The van der Waals surface area contributed by atoms with Gasteiger partial charge < -0.3 is 23.8 Å². The number of quaternary nitrogens is 1. The van der Waals surface area contributed by atoms with Crippen LogP contribution in [0.2, 0.25) is 0 Å². The van der Waals surface area contributed by atoms with Crippen molar-refractivity contribution in [3.05, 3.63) is 85.1 Å². The molecule has 0 heterocycles. The lowest BCUT2D eigenvalue weighted by Crippen LogP contribution is -2.50. The highest BCUT2D eigenvalue weighted by atomic mass is 16.6. The van der Waals surface area contributed by atoms with Crippen LogP contribution in [0.15, 0.2) is 85.1 Å². The Morgan fingerprint density at radius 1 is 0.492 bits per heavy atom. The molecule has 0 spiro atoms. The first-order chi connectivity index (χ1) is 29.6. The summed E-state index contributed by atoms with van der Waals surface area (Å²) in [6.07, 6.45) is 56.5. The van der Waals surface area contributed by atoms with E-state index in [-0.39, 0.29) is 42.7 Å².